The van der Waals surface area contributed by atoms with Gasteiger partial charge in [-0.15, -0.1) is 0 Å². The lowest BCUT2D eigenvalue weighted by Crippen LogP contribution is -2.45. The Hall–Kier alpha value is -3.36. The molecule has 180 valence electrons. The first-order chi connectivity index (χ1) is 16.1. The number of anilines is 1. The van der Waals surface area contributed by atoms with Crippen molar-refractivity contribution in [1.29, 1.82) is 0 Å². The Bertz CT molecular complexity index is 1100. The van der Waals surface area contributed by atoms with Gasteiger partial charge < -0.3 is 16.4 Å². The topological polar surface area (TPSA) is 101 Å². The third-order valence-corrected chi connectivity index (χ3v) is 6.51. The number of para-hydroxylation sites is 1. The molecule has 1 saturated carbocycles. The molecule has 9 heteroatoms. The van der Waals surface area contributed by atoms with Gasteiger partial charge in [-0.05, 0) is 36.0 Å². The molecule has 1 fully saturated rings. The van der Waals surface area contributed by atoms with Gasteiger partial charge in [0.15, 0.2) is 0 Å². The van der Waals surface area contributed by atoms with Crippen LogP contribution >= 0.6 is 0 Å². The highest BCUT2D eigenvalue weighted by atomic mass is 19.4. The van der Waals surface area contributed by atoms with Crippen LogP contribution < -0.4 is 16.4 Å². The van der Waals surface area contributed by atoms with Crippen LogP contribution in [-0.2, 0) is 14.4 Å². The largest absolute Gasteiger partial charge is 0.389 e. The molecule has 0 bridgehead atoms. The van der Waals surface area contributed by atoms with Crippen LogP contribution in [0.4, 0.5) is 18.9 Å². The minimum atomic E-state index is -4.49. The molecule has 0 spiro atoms. The van der Waals surface area contributed by atoms with Gasteiger partial charge in [0.05, 0.1) is 0 Å². The number of nitrogens with one attached hydrogen (secondary N) is 2. The number of fused-ring (bicyclic) bond motifs is 3. The number of benzene rings is 2. The van der Waals surface area contributed by atoms with Gasteiger partial charge in [0.2, 0.25) is 11.8 Å². The lowest BCUT2D eigenvalue weighted by Gasteiger charge is -2.27. The minimum absolute atomic E-state index is 0.176. The molecule has 2 aromatic carbocycles. The number of alkyl halides is 3. The monoisotopic (exact) mass is 473 g/mol. The summed E-state index contributed by atoms with van der Waals surface area (Å²) in [6.45, 7) is 0. The van der Waals surface area contributed by atoms with Crippen molar-refractivity contribution in [1.82, 2.24) is 5.32 Å². The molecule has 2 aromatic rings. The van der Waals surface area contributed by atoms with Gasteiger partial charge in [-0.2, -0.15) is 13.2 Å². The van der Waals surface area contributed by atoms with Crippen LogP contribution in [0.2, 0.25) is 0 Å². The van der Waals surface area contributed by atoms with Crippen molar-refractivity contribution in [3.05, 3.63) is 54.1 Å². The van der Waals surface area contributed by atoms with Crippen molar-refractivity contribution in [3.8, 4) is 11.1 Å². The number of halogens is 3. The van der Waals surface area contributed by atoms with E-state index in [0.29, 0.717) is 11.3 Å². The highest BCUT2D eigenvalue weighted by Crippen LogP contribution is 2.40. The van der Waals surface area contributed by atoms with Gasteiger partial charge >= 0.3 is 6.18 Å². The number of nitrogens with two attached hydrogens (primary N) is 1. The lowest BCUT2D eigenvalue weighted by molar-refractivity contribution is -0.146. The molecular formula is C25H26F3N3O3. The molecule has 34 heavy (non-hydrogen) atoms. The predicted molar refractivity (Wildman–Crippen MR) is 120 cm³/mol. The van der Waals surface area contributed by atoms with Gasteiger partial charge in [0.25, 0.3) is 5.91 Å². The summed E-state index contributed by atoms with van der Waals surface area (Å²) in [6, 6.07) is 13.1. The van der Waals surface area contributed by atoms with Crippen molar-refractivity contribution in [2.75, 3.05) is 5.32 Å². The van der Waals surface area contributed by atoms with Crippen LogP contribution in [0, 0.1) is 17.8 Å². The van der Waals surface area contributed by atoms with E-state index in [2.05, 4.69) is 10.6 Å². The fourth-order valence-corrected chi connectivity index (χ4v) is 4.59. The summed E-state index contributed by atoms with van der Waals surface area (Å²) in [5, 5.41) is 5.43. The molecular weight excluding hydrogens is 447 g/mol. The zero-order valence-corrected chi connectivity index (χ0v) is 18.4. The SMILES string of the molecule is NC(=O)C(CC1CC1)C(CCC(F)(F)F)C(=O)NC1C(=O)Nc2ccccc2-c2ccccc21. The van der Waals surface area contributed by atoms with E-state index in [1.807, 2.05) is 18.2 Å². The molecule has 4 N–H and O–H groups in total. The summed E-state index contributed by atoms with van der Waals surface area (Å²) in [5.74, 6) is -4.24. The second-order valence-corrected chi connectivity index (χ2v) is 9.01. The van der Waals surface area contributed by atoms with Crippen LogP contribution in [0.1, 0.15) is 43.7 Å². The molecule has 2 aliphatic rings. The summed E-state index contributed by atoms with van der Waals surface area (Å²) in [7, 11) is 0. The van der Waals surface area contributed by atoms with Gasteiger partial charge in [-0.25, -0.2) is 0 Å². The molecule has 0 saturated heterocycles. The van der Waals surface area contributed by atoms with Gasteiger partial charge in [0, 0.05) is 29.5 Å². The molecule has 0 radical (unpaired) electrons. The molecule has 3 amide bonds. The van der Waals surface area contributed by atoms with E-state index in [1.54, 1.807) is 30.3 Å². The zero-order valence-electron chi connectivity index (χ0n) is 18.4. The Morgan fingerprint density at radius 3 is 2.32 bits per heavy atom. The maximum atomic E-state index is 13.4. The Balaban J connectivity index is 1.65. The van der Waals surface area contributed by atoms with E-state index in [-0.39, 0.29) is 12.3 Å². The van der Waals surface area contributed by atoms with E-state index < -0.39 is 54.6 Å². The summed E-state index contributed by atoms with van der Waals surface area (Å²) in [5.41, 5.74) is 8.10. The van der Waals surface area contributed by atoms with Gasteiger partial charge in [-0.1, -0.05) is 55.3 Å². The first-order valence-corrected chi connectivity index (χ1v) is 11.3. The van der Waals surface area contributed by atoms with Crippen LogP contribution in [-0.4, -0.2) is 23.9 Å². The van der Waals surface area contributed by atoms with E-state index in [1.165, 1.54) is 0 Å². The van der Waals surface area contributed by atoms with Crippen molar-refractivity contribution < 1.29 is 27.6 Å². The quantitative estimate of drug-likeness (QED) is 0.532. The van der Waals surface area contributed by atoms with Crippen molar-refractivity contribution in [3.63, 3.8) is 0 Å². The number of rotatable bonds is 8. The third-order valence-electron chi connectivity index (χ3n) is 6.51. The molecule has 6 nitrogen and oxygen atoms in total. The third kappa shape index (κ3) is 5.40. The highest BCUT2D eigenvalue weighted by Gasteiger charge is 2.41. The average molecular weight is 473 g/mol. The standard InChI is InChI=1S/C25H26F3N3O3/c26-25(27,28)12-11-18(19(22(29)32)13-14-9-10-14)23(33)31-21-17-7-2-1-5-15(17)16-6-3-4-8-20(16)30-24(21)34/h1-8,14,18-19,21H,9-13H2,(H2,29,32)(H,30,34)(H,31,33). The molecule has 3 atom stereocenters. The molecule has 3 unspecified atom stereocenters. The van der Waals surface area contributed by atoms with E-state index >= 15 is 0 Å². The van der Waals surface area contributed by atoms with Crippen LogP contribution in [0.15, 0.2) is 48.5 Å². The van der Waals surface area contributed by atoms with E-state index in [4.69, 9.17) is 5.73 Å². The number of carbonyl (C=O) groups is 3. The molecule has 1 aliphatic heterocycles. The molecule has 0 aromatic heterocycles. The summed E-state index contributed by atoms with van der Waals surface area (Å²) in [6.07, 6.45) is -4.31. The van der Waals surface area contributed by atoms with Gasteiger partial charge in [0.1, 0.15) is 6.04 Å². The smallest absolute Gasteiger partial charge is 0.369 e. The van der Waals surface area contributed by atoms with E-state index in [9.17, 15) is 27.6 Å². The molecule has 1 aliphatic carbocycles. The predicted octanol–water partition coefficient (Wildman–Crippen LogP) is 4.32. The lowest BCUT2D eigenvalue weighted by atomic mass is 9.82. The van der Waals surface area contributed by atoms with Crippen LogP contribution in [0.25, 0.3) is 11.1 Å². The Kier molecular flexibility index (Phi) is 6.63. The van der Waals surface area contributed by atoms with Crippen LogP contribution in [0.5, 0.6) is 0 Å². The normalized spacial score (nSPS) is 19.1. The number of hydrogen-bond acceptors (Lipinski definition) is 3. The number of carbonyl (C=O) groups excluding carboxylic acids is 3. The Morgan fingerprint density at radius 1 is 1.03 bits per heavy atom. The fraction of sp³-hybridized carbons (Fsp3) is 0.400. The summed E-state index contributed by atoms with van der Waals surface area (Å²) < 4.78 is 39.1. The Morgan fingerprint density at radius 2 is 1.68 bits per heavy atom. The first-order valence-electron chi connectivity index (χ1n) is 11.3. The maximum Gasteiger partial charge on any atom is 0.389 e. The van der Waals surface area contributed by atoms with E-state index in [0.717, 1.165) is 24.0 Å². The van der Waals surface area contributed by atoms with Crippen molar-refractivity contribution >= 4 is 23.4 Å². The molecule has 1 heterocycles. The Labute approximate surface area is 195 Å². The first kappa shape index (κ1) is 23.8. The van der Waals surface area contributed by atoms with Crippen molar-refractivity contribution in [2.45, 2.75) is 44.3 Å². The van der Waals surface area contributed by atoms with Gasteiger partial charge in [-0.3, -0.25) is 14.4 Å². The fourth-order valence-electron chi connectivity index (χ4n) is 4.59. The number of amides is 3. The average Bonchev–Trinajstić information content (AvgIpc) is 3.61. The second kappa shape index (κ2) is 9.48. The molecule has 4 rings (SSSR count). The summed E-state index contributed by atoms with van der Waals surface area (Å²) >= 11 is 0. The van der Waals surface area contributed by atoms with Crippen molar-refractivity contribution in [2.24, 2.45) is 23.5 Å². The number of hydrogen-bond donors (Lipinski definition) is 3. The summed E-state index contributed by atoms with van der Waals surface area (Å²) in [4.78, 5) is 38.6. The number of primary amides is 1. The maximum absolute atomic E-state index is 13.4. The zero-order chi connectivity index (χ0) is 24.5. The van der Waals surface area contributed by atoms with Crippen LogP contribution in [0.3, 0.4) is 0 Å². The highest BCUT2D eigenvalue weighted by molar-refractivity contribution is 6.04. The second-order valence-electron chi connectivity index (χ2n) is 9.01. The minimum Gasteiger partial charge on any atom is -0.369 e.